The summed E-state index contributed by atoms with van der Waals surface area (Å²) in [6.45, 7) is 2.25. The van der Waals surface area contributed by atoms with Gasteiger partial charge in [-0.3, -0.25) is 0 Å². The first kappa shape index (κ1) is 22.5. The largest absolute Gasteiger partial charge is 0.379 e. The van der Waals surface area contributed by atoms with Gasteiger partial charge < -0.3 is 4.18 Å². The Morgan fingerprint density at radius 3 is 1.79 bits per heavy atom. The summed E-state index contributed by atoms with van der Waals surface area (Å²) in [7, 11) is -3.77. The topological polar surface area (TPSA) is 43.4 Å². The van der Waals surface area contributed by atoms with Gasteiger partial charge in [-0.2, -0.15) is 8.42 Å². The second-order valence-corrected chi connectivity index (χ2v) is 8.97. The molecular formula is C24H34O3S. The minimum absolute atomic E-state index is 0.197. The van der Waals surface area contributed by atoms with Gasteiger partial charge >= 0.3 is 10.1 Å². The molecule has 0 spiro atoms. The predicted octanol–water partition coefficient (Wildman–Crippen LogP) is 6.92. The number of benzene rings is 2. The van der Waals surface area contributed by atoms with Gasteiger partial charge in [0.2, 0.25) is 0 Å². The first-order valence-electron chi connectivity index (χ1n) is 10.7. The van der Waals surface area contributed by atoms with E-state index in [1.807, 2.05) is 18.2 Å². The standard InChI is InChI=1S/C24H34O3S/c1-2-3-4-5-6-7-8-9-10-12-15-22-18-20-24(21-19-22)28(25,26)27-23-16-13-11-14-17-23/h11,13-14,16-21H,2-10,12,15H2,1H3. The summed E-state index contributed by atoms with van der Waals surface area (Å²) in [5.74, 6) is 0.331. The summed E-state index contributed by atoms with van der Waals surface area (Å²) in [6, 6.07) is 15.7. The Balaban J connectivity index is 1.66. The average molecular weight is 403 g/mol. The quantitative estimate of drug-likeness (QED) is 0.254. The lowest BCUT2D eigenvalue weighted by Crippen LogP contribution is -2.09. The number of hydrogen-bond donors (Lipinski definition) is 0. The monoisotopic (exact) mass is 402 g/mol. The first-order valence-corrected chi connectivity index (χ1v) is 12.1. The maximum absolute atomic E-state index is 12.3. The molecule has 0 radical (unpaired) electrons. The minimum Gasteiger partial charge on any atom is -0.379 e. The molecule has 0 saturated carbocycles. The van der Waals surface area contributed by atoms with Gasteiger partial charge in [-0.1, -0.05) is 95.0 Å². The van der Waals surface area contributed by atoms with Crippen LogP contribution in [-0.2, 0) is 16.5 Å². The molecule has 0 aliphatic heterocycles. The van der Waals surface area contributed by atoms with E-state index in [4.69, 9.17) is 4.18 Å². The molecule has 2 aromatic carbocycles. The third-order valence-electron chi connectivity index (χ3n) is 4.98. The minimum atomic E-state index is -3.77. The highest BCUT2D eigenvalue weighted by molar-refractivity contribution is 7.87. The van der Waals surface area contributed by atoms with E-state index in [1.165, 1.54) is 63.4 Å². The lowest BCUT2D eigenvalue weighted by Gasteiger charge is -2.08. The van der Waals surface area contributed by atoms with Crippen molar-refractivity contribution in [2.24, 2.45) is 0 Å². The Bertz CT molecular complexity index is 752. The molecule has 2 rings (SSSR count). The highest BCUT2D eigenvalue weighted by atomic mass is 32.2. The molecule has 0 atom stereocenters. The van der Waals surface area contributed by atoms with Crippen LogP contribution < -0.4 is 4.18 Å². The molecule has 0 amide bonds. The number of aryl methyl sites for hydroxylation is 1. The molecule has 2 aromatic rings. The van der Waals surface area contributed by atoms with Gasteiger partial charge in [0.05, 0.1) is 0 Å². The molecule has 3 nitrogen and oxygen atoms in total. The molecule has 0 aliphatic carbocycles. The van der Waals surface area contributed by atoms with Crippen molar-refractivity contribution in [3.05, 3.63) is 60.2 Å². The fourth-order valence-electron chi connectivity index (χ4n) is 3.29. The second kappa shape index (κ2) is 12.6. The zero-order chi connectivity index (χ0) is 20.1. The van der Waals surface area contributed by atoms with Crippen LogP contribution >= 0.6 is 0 Å². The molecule has 28 heavy (non-hydrogen) atoms. The van der Waals surface area contributed by atoms with Gasteiger partial charge in [0.15, 0.2) is 0 Å². The molecular weight excluding hydrogens is 368 g/mol. The summed E-state index contributed by atoms with van der Waals surface area (Å²) >= 11 is 0. The summed E-state index contributed by atoms with van der Waals surface area (Å²) in [4.78, 5) is 0.197. The van der Waals surface area contributed by atoms with Crippen LogP contribution in [0.3, 0.4) is 0 Å². The van der Waals surface area contributed by atoms with Gasteiger partial charge in [-0.15, -0.1) is 0 Å². The molecule has 0 aliphatic rings. The van der Waals surface area contributed by atoms with Crippen molar-refractivity contribution in [2.45, 2.75) is 82.4 Å². The van der Waals surface area contributed by atoms with Crippen LogP contribution in [0.25, 0.3) is 0 Å². The van der Waals surface area contributed by atoms with Crippen molar-refractivity contribution in [2.75, 3.05) is 0 Å². The highest BCUT2D eigenvalue weighted by Crippen LogP contribution is 2.19. The molecule has 0 unspecified atom stereocenters. The third-order valence-corrected chi connectivity index (χ3v) is 6.24. The number of unbranched alkanes of at least 4 members (excludes halogenated alkanes) is 9. The Hall–Kier alpha value is -1.81. The van der Waals surface area contributed by atoms with Gasteiger partial charge in [-0.05, 0) is 42.7 Å². The fraction of sp³-hybridized carbons (Fsp3) is 0.500. The first-order chi connectivity index (χ1) is 13.6. The summed E-state index contributed by atoms with van der Waals surface area (Å²) in [6.07, 6.45) is 14.2. The average Bonchev–Trinajstić information content (AvgIpc) is 2.70. The molecule has 0 fully saturated rings. The zero-order valence-corrected chi connectivity index (χ0v) is 17.9. The van der Waals surface area contributed by atoms with Crippen molar-refractivity contribution in [1.29, 1.82) is 0 Å². The van der Waals surface area contributed by atoms with Crippen molar-refractivity contribution >= 4 is 10.1 Å². The van der Waals surface area contributed by atoms with E-state index in [-0.39, 0.29) is 4.90 Å². The lowest BCUT2D eigenvalue weighted by atomic mass is 10.0. The SMILES string of the molecule is CCCCCCCCCCCCc1ccc(S(=O)(=O)Oc2ccccc2)cc1. The predicted molar refractivity (Wildman–Crippen MR) is 116 cm³/mol. The van der Waals surface area contributed by atoms with Gasteiger partial charge in [0.1, 0.15) is 10.6 Å². The molecule has 0 heterocycles. The number of hydrogen-bond acceptors (Lipinski definition) is 3. The smallest absolute Gasteiger partial charge is 0.339 e. The third kappa shape index (κ3) is 8.47. The maximum atomic E-state index is 12.3. The number of para-hydroxylation sites is 1. The Morgan fingerprint density at radius 2 is 1.21 bits per heavy atom. The summed E-state index contributed by atoms with van der Waals surface area (Å²) in [5, 5.41) is 0. The van der Waals surface area contributed by atoms with E-state index in [0.717, 1.165) is 12.8 Å². The van der Waals surface area contributed by atoms with Crippen LogP contribution in [-0.4, -0.2) is 8.42 Å². The second-order valence-electron chi connectivity index (χ2n) is 7.43. The molecule has 0 bridgehead atoms. The zero-order valence-electron chi connectivity index (χ0n) is 17.1. The molecule has 4 heteroatoms. The molecule has 0 saturated heterocycles. The van der Waals surface area contributed by atoms with Crippen LogP contribution in [0.15, 0.2) is 59.5 Å². The van der Waals surface area contributed by atoms with E-state index in [1.54, 1.807) is 36.4 Å². The van der Waals surface area contributed by atoms with E-state index in [9.17, 15) is 8.42 Å². The Labute approximate surface area is 171 Å². The van der Waals surface area contributed by atoms with Crippen molar-refractivity contribution in [3.63, 3.8) is 0 Å². The molecule has 0 aromatic heterocycles. The van der Waals surface area contributed by atoms with Gasteiger partial charge in [0, 0.05) is 0 Å². The molecule has 0 N–H and O–H groups in total. The van der Waals surface area contributed by atoms with Crippen molar-refractivity contribution in [1.82, 2.24) is 0 Å². The number of rotatable bonds is 14. The summed E-state index contributed by atoms with van der Waals surface area (Å²) in [5.41, 5.74) is 1.18. The van der Waals surface area contributed by atoms with Crippen LogP contribution in [0.1, 0.15) is 76.7 Å². The van der Waals surface area contributed by atoms with Crippen molar-refractivity contribution < 1.29 is 12.6 Å². The van der Waals surface area contributed by atoms with Crippen molar-refractivity contribution in [3.8, 4) is 5.75 Å². The van der Waals surface area contributed by atoms with Crippen LogP contribution in [0.2, 0.25) is 0 Å². The van der Waals surface area contributed by atoms with E-state index in [2.05, 4.69) is 6.92 Å². The highest BCUT2D eigenvalue weighted by Gasteiger charge is 2.16. The Morgan fingerprint density at radius 1 is 0.679 bits per heavy atom. The van der Waals surface area contributed by atoms with E-state index >= 15 is 0 Å². The van der Waals surface area contributed by atoms with Crippen LogP contribution in [0.4, 0.5) is 0 Å². The van der Waals surface area contributed by atoms with E-state index < -0.39 is 10.1 Å². The molecule has 154 valence electrons. The van der Waals surface area contributed by atoms with Gasteiger partial charge in [0.25, 0.3) is 0 Å². The van der Waals surface area contributed by atoms with Crippen LogP contribution in [0.5, 0.6) is 5.75 Å². The fourth-order valence-corrected chi connectivity index (χ4v) is 4.22. The van der Waals surface area contributed by atoms with Gasteiger partial charge in [-0.25, -0.2) is 0 Å². The van der Waals surface area contributed by atoms with Crippen LogP contribution in [0, 0.1) is 0 Å². The maximum Gasteiger partial charge on any atom is 0.339 e. The Kier molecular flexibility index (Phi) is 10.1. The normalized spacial score (nSPS) is 11.5. The summed E-state index contributed by atoms with van der Waals surface area (Å²) < 4.78 is 29.8. The lowest BCUT2D eigenvalue weighted by molar-refractivity contribution is 0.486. The van der Waals surface area contributed by atoms with E-state index in [0.29, 0.717) is 5.75 Å².